The second kappa shape index (κ2) is 14.6. The van der Waals surface area contributed by atoms with Gasteiger partial charge >= 0.3 is 11.9 Å². The molecule has 0 unspecified atom stereocenters. The first-order chi connectivity index (χ1) is 24.1. The van der Waals surface area contributed by atoms with E-state index in [2.05, 4.69) is 90.1 Å². The van der Waals surface area contributed by atoms with Crippen molar-refractivity contribution in [3.63, 3.8) is 0 Å². The number of ether oxygens (including phenoxy) is 4. The molecule has 0 aliphatic heterocycles. The highest BCUT2D eigenvalue weighted by molar-refractivity contribution is 6.24. The molecule has 0 amide bonds. The number of hydrogen-bond donors (Lipinski definition) is 0. The molecule has 0 aromatic heterocycles. The number of benzene rings is 4. The fourth-order valence-electron chi connectivity index (χ4n) is 9.30. The summed E-state index contributed by atoms with van der Waals surface area (Å²) in [6.07, 6.45) is 8.83. The first-order valence-electron chi connectivity index (χ1n) is 19.1. The summed E-state index contributed by atoms with van der Waals surface area (Å²) in [5.41, 5.74) is 1.81. The van der Waals surface area contributed by atoms with E-state index in [4.69, 9.17) is 18.9 Å². The third-order valence-electron chi connectivity index (χ3n) is 12.1. The van der Waals surface area contributed by atoms with Crippen molar-refractivity contribution in [2.45, 2.75) is 104 Å². The smallest absolute Gasteiger partial charge is 0.332 e. The monoisotopic (exact) mass is 678 g/mol. The van der Waals surface area contributed by atoms with Crippen LogP contribution in [0, 0.1) is 35.5 Å². The van der Waals surface area contributed by atoms with Crippen LogP contribution in [0.2, 0.25) is 0 Å². The largest absolute Gasteiger partial charge is 0.452 e. The highest BCUT2D eigenvalue weighted by Gasteiger charge is 2.37. The van der Waals surface area contributed by atoms with Crippen molar-refractivity contribution in [3.8, 4) is 0 Å². The first kappa shape index (κ1) is 34.9. The van der Waals surface area contributed by atoms with Crippen molar-refractivity contribution in [1.82, 2.24) is 0 Å². The standard InChI is InChI=1S/C44H54O6/c1-25(2)32-15-10-27(5)20-38(32)47-23-40(45)49-37-19-18-34-35-17-14-30-9-7-8-29-12-13-31(43(35)42(29)30)22-36(34)44(37)50-41(46)24-48-39-21-28(6)11-16-33(39)26(3)4/h7-9,12-14,17-19,22,25-28,32-33,37-39,44H,10-11,15-16,20-21,23-24H2,1-6H3/t27-,28-,32-,33-,37+,38-,39-,44-/m0/s1. The maximum atomic E-state index is 13.7. The summed E-state index contributed by atoms with van der Waals surface area (Å²) in [6.45, 7) is 13.2. The molecule has 266 valence electrons. The summed E-state index contributed by atoms with van der Waals surface area (Å²) in [7, 11) is 0. The van der Waals surface area contributed by atoms with Crippen LogP contribution in [0.15, 0.2) is 54.6 Å². The lowest BCUT2D eigenvalue weighted by Gasteiger charge is -2.37. The number of fused-ring (bicyclic) bond motifs is 2. The quantitative estimate of drug-likeness (QED) is 0.123. The average Bonchev–Trinajstić information content (AvgIpc) is 3.09. The van der Waals surface area contributed by atoms with Crippen LogP contribution >= 0.6 is 0 Å². The molecular formula is C44H54O6. The molecule has 0 N–H and O–H groups in total. The predicted molar refractivity (Wildman–Crippen MR) is 200 cm³/mol. The Morgan fingerprint density at radius 1 is 0.700 bits per heavy atom. The van der Waals surface area contributed by atoms with Crippen LogP contribution in [0.1, 0.15) is 97.3 Å². The zero-order valence-electron chi connectivity index (χ0n) is 30.7. The summed E-state index contributed by atoms with van der Waals surface area (Å²) in [5.74, 6) is 2.04. The Hall–Kier alpha value is -3.48. The van der Waals surface area contributed by atoms with Gasteiger partial charge in [-0.2, -0.15) is 0 Å². The molecule has 8 atom stereocenters. The molecule has 0 bridgehead atoms. The second-order valence-electron chi connectivity index (χ2n) is 16.3. The lowest BCUT2D eigenvalue weighted by atomic mass is 9.75. The van der Waals surface area contributed by atoms with Crippen LogP contribution in [0.5, 0.6) is 0 Å². The van der Waals surface area contributed by atoms with Gasteiger partial charge in [0, 0.05) is 5.56 Å². The van der Waals surface area contributed by atoms with Crippen molar-refractivity contribution in [2.75, 3.05) is 13.2 Å². The molecule has 4 aromatic carbocycles. The van der Waals surface area contributed by atoms with E-state index in [1.54, 1.807) is 0 Å². The third kappa shape index (κ3) is 7.03. The van der Waals surface area contributed by atoms with E-state index in [1.807, 2.05) is 12.2 Å². The number of rotatable bonds is 10. The molecule has 50 heavy (non-hydrogen) atoms. The maximum absolute atomic E-state index is 13.7. The van der Waals surface area contributed by atoms with Gasteiger partial charge in [-0.05, 0) is 111 Å². The summed E-state index contributed by atoms with van der Waals surface area (Å²) in [5, 5.41) is 6.95. The highest BCUT2D eigenvalue weighted by Crippen LogP contribution is 2.43. The Morgan fingerprint density at radius 3 is 1.86 bits per heavy atom. The zero-order valence-corrected chi connectivity index (χ0v) is 30.7. The minimum atomic E-state index is -0.818. The van der Waals surface area contributed by atoms with Gasteiger partial charge in [0.2, 0.25) is 0 Å². The normalized spacial score (nSPS) is 28.5. The van der Waals surface area contributed by atoms with Gasteiger partial charge in [0.1, 0.15) is 13.2 Å². The van der Waals surface area contributed by atoms with E-state index in [-0.39, 0.29) is 25.4 Å². The Labute approximate surface area is 297 Å². The van der Waals surface area contributed by atoms with E-state index < -0.39 is 24.1 Å². The van der Waals surface area contributed by atoms with Crippen molar-refractivity contribution in [1.29, 1.82) is 0 Å². The third-order valence-corrected chi connectivity index (χ3v) is 12.1. The van der Waals surface area contributed by atoms with E-state index in [0.717, 1.165) is 47.6 Å². The first-order valence-corrected chi connectivity index (χ1v) is 19.1. The van der Waals surface area contributed by atoms with E-state index in [9.17, 15) is 9.59 Å². The van der Waals surface area contributed by atoms with Gasteiger partial charge in [-0.15, -0.1) is 0 Å². The van der Waals surface area contributed by atoms with Gasteiger partial charge in [0.25, 0.3) is 0 Å². The van der Waals surface area contributed by atoms with Crippen molar-refractivity contribution < 1.29 is 28.5 Å². The minimum Gasteiger partial charge on any atom is -0.452 e. The molecule has 0 heterocycles. The van der Waals surface area contributed by atoms with Gasteiger partial charge in [-0.3, -0.25) is 0 Å². The van der Waals surface area contributed by atoms with E-state index in [0.29, 0.717) is 35.5 Å². The van der Waals surface area contributed by atoms with Gasteiger partial charge < -0.3 is 18.9 Å². The minimum absolute atomic E-state index is 0.0220. The summed E-state index contributed by atoms with van der Waals surface area (Å²) >= 11 is 0. The molecule has 0 saturated heterocycles. The summed E-state index contributed by atoms with van der Waals surface area (Å²) in [4.78, 5) is 27.1. The Balaban J connectivity index is 1.15. The maximum Gasteiger partial charge on any atom is 0.332 e. The van der Waals surface area contributed by atoms with Gasteiger partial charge in [-0.1, -0.05) is 103 Å². The number of hydrogen-bond acceptors (Lipinski definition) is 6. The topological polar surface area (TPSA) is 71.1 Å². The van der Waals surface area contributed by atoms with Gasteiger partial charge in [0.05, 0.1) is 12.2 Å². The number of carbonyl (C=O) groups excluding carboxylic acids is 2. The molecule has 0 spiro atoms. The molecule has 6 heteroatoms. The van der Waals surface area contributed by atoms with E-state index in [1.165, 1.54) is 34.4 Å². The Kier molecular flexibility index (Phi) is 10.2. The highest BCUT2D eigenvalue weighted by atomic mass is 16.6. The van der Waals surface area contributed by atoms with Crippen LogP contribution in [0.3, 0.4) is 0 Å². The molecule has 2 saturated carbocycles. The van der Waals surface area contributed by atoms with Gasteiger partial charge in [-0.25, -0.2) is 9.59 Å². The SMILES string of the molecule is CC(C)[C@@H]1CC[C@H](C)C[C@@H]1OCC(=O)O[C@@H]1C=Cc2c(cc3ccc4cccc5ccc2c3c45)[C@@H]1OC(=O)CO[C@H]1C[C@@H](C)CC[C@H]1C(C)C. The van der Waals surface area contributed by atoms with Crippen LogP contribution < -0.4 is 0 Å². The van der Waals surface area contributed by atoms with Crippen molar-refractivity contribution in [2.24, 2.45) is 35.5 Å². The fraction of sp³-hybridized carbons (Fsp3) is 0.545. The molecule has 6 nitrogen and oxygen atoms in total. The second-order valence-corrected chi connectivity index (χ2v) is 16.3. The lowest BCUT2D eigenvalue weighted by molar-refractivity contribution is -0.175. The fourth-order valence-corrected chi connectivity index (χ4v) is 9.30. The molecule has 3 aliphatic rings. The van der Waals surface area contributed by atoms with Crippen molar-refractivity contribution >= 4 is 50.3 Å². The lowest BCUT2D eigenvalue weighted by Crippen LogP contribution is -2.37. The van der Waals surface area contributed by atoms with Crippen LogP contribution in [-0.4, -0.2) is 43.5 Å². The summed E-state index contributed by atoms with van der Waals surface area (Å²) in [6, 6.07) is 17.1. The number of esters is 2. The van der Waals surface area contributed by atoms with Crippen LogP contribution in [0.25, 0.3) is 38.4 Å². The zero-order chi connectivity index (χ0) is 35.1. The van der Waals surface area contributed by atoms with Crippen LogP contribution in [0.4, 0.5) is 0 Å². The molecule has 3 aliphatic carbocycles. The Morgan fingerprint density at radius 2 is 1.26 bits per heavy atom. The average molecular weight is 679 g/mol. The van der Waals surface area contributed by atoms with Gasteiger partial charge in [0.15, 0.2) is 12.2 Å². The molecule has 7 rings (SSSR count). The molecule has 4 aromatic rings. The summed E-state index contributed by atoms with van der Waals surface area (Å²) < 4.78 is 25.0. The van der Waals surface area contributed by atoms with Crippen LogP contribution in [-0.2, 0) is 28.5 Å². The Bertz CT molecular complexity index is 1840. The molecule has 0 radical (unpaired) electrons. The molecule has 2 fully saturated rings. The number of carbonyl (C=O) groups is 2. The van der Waals surface area contributed by atoms with E-state index >= 15 is 0 Å². The van der Waals surface area contributed by atoms with Crippen molar-refractivity contribution in [3.05, 3.63) is 65.7 Å². The predicted octanol–water partition coefficient (Wildman–Crippen LogP) is 10.1. The molecular weight excluding hydrogens is 624 g/mol.